The number of ether oxygens (including phenoxy) is 1. The predicted octanol–water partition coefficient (Wildman–Crippen LogP) is 3.04. The van der Waals surface area contributed by atoms with Crippen molar-refractivity contribution in [3.63, 3.8) is 0 Å². The van der Waals surface area contributed by atoms with Gasteiger partial charge in [-0.3, -0.25) is 0 Å². The lowest BCUT2D eigenvalue weighted by Gasteiger charge is -2.22. The summed E-state index contributed by atoms with van der Waals surface area (Å²) in [5.41, 5.74) is 2.07. The van der Waals surface area contributed by atoms with Gasteiger partial charge in [-0.05, 0) is 37.5 Å². The highest BCUT2D eigenvalue weighted by atomic mass is 16.5. The van der Waals surface area contributed by atoms with E-state index in [1.54, 1.807) is 25.3 Å². The van der Waals surface area contributed by atoms with E-state index in [2.05, 4.69) is 16.5 Å². The number of carbonyl (C=O) groups is 1. The average Bonchev–Trinajstić information content (AvgIpc) is 3.08. The molecule has 0 amide bonds. The summed E-state index contributed by atoms with van der Waals surface area (Å²) in [5, 5.41) is 9.21. The number of fused-ring (bicyclic) bond motifs is 1. The van der Waals surface area contributed by atoms with Crippen molar-refractivity contribution in [3.05, 3.63) is 29.6 Å². The van der Waals surface area contributed by atoms with Crippen LogP contribution in [0.2, 0.25) is 0 Å². The molecular weight excluding hydrogens is 268 g/mol. The molecule has 1 aliphatic carbocycles. The van der Waals surface area contributed by atoms with Crippen molar-refractivity contribution in [1.29, 1.82) is 0 Å². The minimum Gasteiger partial charge on any atom is -0.478 e. The normalized spacial score (nSPS) is 22.0. The molecule has 1 saturated carbocycles. The number of hydrogen-bond donors (Lipinski definition) is 1. The van der Waals surface area contributed by atoms with Crippen LogP contribution in [-0.4, -0.2) is 33.8 Å². The summed E-state index contributed by atoms with van der Waals surface area (Å²) in [4.78, 5) is 15.9. The van der Waals surface area contributed by atoms with E-state index in [0.717, 1.165) is 42.5 Å². The standard InChI is InChI=1S/C16H20N2O3/c1-3-15-17-11-8-7-10(16(19)20)9-13(11)18(15)12-5-4-6-14(12)21-2/h7-9,12,14H,3-6H2,1-2H3,(H,19,20). The molecule has 1 aromatic carbocycles. The third-order valence-corrected chi connectivity index (χ3v) is 4.38. The number of aromatic nitrogens is 2. The molecule has 5 nitrogen and oxygen atoms in total. The molecule has 112 valence electrons. The predicted molar refractivity (Wildman–Crippen MR) is 79.8 cm³/mol. The summed E-state index contributed by atoms with van der Waals surface area (Å²) < 4.78 is 7.81. The number of imidazole rings is 1. The van der Waals surface area contributed by atoms with Crippen molar-refractivity contribution in [1.82, 2.24) is 9.55 Å². The molecular formula is C16H20N2O3. The van der Waals surface area contributed by atoms with Crippen LogP contribution < -0.4 is 0 Å². The quantitative estimate of drug-likeness (QED) is 0.939. The summed E-state index contributed by atoms with van der Waals surface area (Å²) in [5.74, 6) is 0.0962. The van der Waals surface area contributed by atoms with Crippen LogP contribution in [0.4, 0.5) is 0 Å². The van der Waals surface area contributed by atoms with Crippen molar-refractivity contribution in [2.75, 3.05) is 7.11 Å². The van der Waals surface area contributed by atoms with Gasteiger partial charge in [0.15, 0.2) is 0 Å². The van der Waals surface area contributed by atoms with E-state index in [9.17, 15) is 9.90 Å². The molecule has 0 aliphatic heterocycles. The first-order valence-electron chi connectivity index (χ1n) is 7.42. The van der Waals surface area contributed by atoms with Crippen molar-refractivity contribution in [3.8, 4) is 0 Å². The number of methoxy groups -OCH3 is 1. The van der Waals surface area contributed by atoms with E-state index in [0.29, 0.717) is 5.56 Å². The van der Waals surface area contributed by atoms with Gasteiger partial charge in [-0.15, -0.1) is 0 Å². The van der Waals surface area contributed by atoms with Crippen molar-refractivity contribution >= 4 is 17.0 Å². The Morgan fingerprint density at radius 3 is 2.95 bits per heavy atom. The smallest absolute Gasteiger partial charge is 0.335 e. The maximum absolute atomic E-state index is 11.2. The van der Waals surface area contributed by atoms with Crippen LogP contribution in [0, 0.1) is 0 Å². The third kappa shape index (κ3) is 2.31. The number of carboxylic acid groups (broad SMARTS) is 1. The zero-order chi connectivity index (χ0) is 15.0. The van der Waals surface area contributed by atoms with Gasteiger partial charge in [0.2, 0.25) is 0 Å². The molecule has 2 unspecified atom stereocenters. The molecule has 1 aromatic heterocycles. The van der Waals surface area contributed by atoms with Gasteiger partial charge in [-0.25, -0.2) is 9.78 Å². The molecule has 2 atom stereocenters. The van der Waals surface area contributed by atoms with Crippen LogP contribution in [0.1, 0.15) is 48.4 Å². The van der Waals surface area contributed by atoms with E-state index in [1.165, 1.54) is 0 Å². The van der Waals surface area contributed by atoms with Gasteiger partial charge in [-0.1, -0.05) is 6.92 Å². The van der Waals surface area contributed by atoms with Gasteiger partial charge in [0.25, 0.3) is 0 Å². The summed E-state index contributed by atoms with van der Waals surface area (Å²) in [7, 11) is 1.75. The Kier molecular flexibility index (Phi) is 3.68. The Labute approximate surface area is 123 Å². The fourth-order valence-electron chi connectivity index (χ4n) is 3.37. The van der Waals surface area contributed by atoms with Crippen LogP contribution >= 0.6 is 0 Å². The van der Waals surface area contributed by atoms with Crippen LogP contribution in [0.3, 0.4) is 0 Å². The minimum atomic E-state index is -0.905. The van der Waals surface area contributed by atoms with Gasteiger partial charge in [-0.2, -0.15) is 0 Å². The molecule has 3 rings (SSSR count). The summed E-state index contributed by atoms with van der Waals surface area (Å²) in [6.07, 6.45) is 4.23. The molecule has 1 fully saturated rings. The van der Waals surface area contributed by atoms with Crippen molar-refractivity contribution in [2.24, 2.45) is 0 Å². The minimum absolute atomic E-state index is 0.182. The molecule has 0 radical (unpaired) electrons. The Morgan fingerprint density at radius 2 is 2.29 bits per heavy atom. The molecule has 2 aromatic rings. The molecule has 0 bridgehead atoms. The third-order valence-electron chi connectivity index (χ3n) is 4.38. The van der Waals surface area contributed by atoms with Gasteiger partial charge in [0.1, 0.15) is 5.82 Å². The molecule has 5 heteroatoms. The van der Waals surface area contributed by atoms with E-state index in [4.69, 9.17) is 4.74 Å². The second kappa shape index (κ2) is 5.48. The zero-order valence-corrected chi connectivity index (χ0v) is 12.4. The highest BCUT2D eigenvalue weighted by molar-refractivity contribution is 5.92. The van der Waals surface area contributed by atoms with Crippen LogP contribution in [0.15, 0.2) is 18.2 Å². The highest BCUT2D eigenvalue weighted by Crippen LogP contribution is 2.36. The molecule has 1 N–H and O–H groups in total. The summed E-state index contributed by atoms with van der Waals surface area (Å²) in [6.45, 7) is 2.08. The molecule has 0 saturated heterocycles. The summed E-state index contributed by atoms with van der Waals surface area (Å²) >= 11 is 0. The summed E-state index contributed by atoms with van der Waals surface area (Å²) in [6, 6.07) is 5.39. The Morgan fingerprint density at radius 1 is 1.48 bits per heavy atom. The second-order valence-corrected chi connectivity index (χ2v) is 5.53. The SMILES string of the molecule is CCc1nc2ccc(C(=O)O)cc2n1C1CCCC1OC. The van der Waals surface area contributed by atoms with Gasteiger partial charge < -0.3 is 14.4 Å². The molecule has 0 spiro atoms. The molecule has 21 heavy (non-hydrogen) atoms. The van der Waals surface area contributed by atoms with Crippen molar-refractivity contribution in [2.45, 2.75) is 44.8 Å². The lowest BCUT2D eigenvalue weighted by Crippen LogP contribution is -2.22. The lowest BCUT2D eigenvalue weighted by atomic mass is 10.1. The van der Waals surface area contributed by atoms with E-state index < -0.39 is 5.97 Å². The van der Waals surface area contributed by atoms with Gasteiger partial charge in [0, 0.05) is 13.5 Å². The molecule has 1 heterocycles. The fraction of sp³-hybridized carbons (Fsp3) is 0.500. The van der Waals surface area contributed by atoms with Crippen LogP contribution in [0.25, 0.3) is 11.0 Å². The Balaban J connectivity index is 2.18. The number of benzene rings is 1. The van der Waals surface area contributed by atoms with Gasteiger partial charge >= 0.3 is 5.97 Å². The Bertz CT molecular complexity index is 677. The Hall–Kier alpha value is -1.88. The maximum Gasteiger partial charge on any atom is 0.335 e. The van der Waals surface area contributed by atoms with Crippen LogP contribution in [-0.2, 0) is 11.2 Å². The average molecular weight is 288 g/mol. The first-order valence-corrected chi connectivity index (χ1v) is 7.42. The van der Waals surface area contributed by atoms with Crippen molar-refractivity contribution < 1.29 is 14.6 Å². The van der Waals surface area contributed by atoms with Gasteiger partial charge in [0.05, 0.1) is 28.7 Å². The fourth-order valence-corrected chi connectivity index (χ4v) is 3.37. The number of hydrogen-bond acceptors (Lipinski definition) is 3. The number of rotatable bonds is 4. The highest BCUT2D eigenvalue weighted by Gasteiger charge is 2.31. The number of aryl methyl sites for hydroxylation is 1. The zero-order valence-electron chi connectivity index (χ0n) is 12.4. The number of aromatic carboxylic acids is 1. The number of nitrogens with zero attached hydrogens (tertiary/aromatic N) is 2. The topological polar surface area (TPSA) is 64.3 Å². The number of carboxylic acids is 1. The lowest BCUT2D eigenvalue weighted by molar-refractivity contribution is 0.0697. The van der Waals surface area contributed by atoms with E-state index in [-0.39, 0.29) is 12.1 Å². The van der Waals surface area contributed by atoms with Crippen LogP contribution in [0.5, 0.6) is 0 Å². The van der Waals surface area contributed by atoms with E-state index in [1.807, 2.05) is 0 Å². The second-order valence-electron chi connectivity index (χ2n) is 5.53. The first-order chi connectivity index (χ1) is 10.2. The molecule has 1 aliphatic rings. The first kappa shape index (κ1) is 14.1. The maximum atomic E-state index is 11.2. The monoisotopic (exact) mass is 288 g/mol. The van der Waals surface area contributed by atoms with E-state index >= 15 is 0 Å². The largest absolute Gasteiger partial charge is 0.478 e.